The molecule has 0 N–H and O–H groups in total. The molecule has 0 unspecified atom stereocenters. The number of aromatic nitrogens is 2. The number of aryl methyl sites for hydroxylation is 2. The highest BCUT2D eigenvalue weighted by atomic mass is 16.5. The molecule has 5 heteroatoms. The van der Waals surface area contributed by atoms with Crippen LogP contribution in [0.3, 0.4) is 0 Å². The summed E-state index contributed by atoms with van der Waals surface area (Å²) < 4.78 is 4.66. The number of carbonyl (C=O) groups is 1. The zero-order valence-corrected chi connectivity index (χ0v) is 12.0. The lowest BCUT2D eigenvalue weighted by Gasteiger charge is -2.20. The number of methoxy groups -OCH3 is 1. The van der Waals surface area contributed by atoms with E-state index >= 15 is 0 Å². The predicted octanol–water partition coefficient (Wildman–Crippen LogP) is 2.65. The number of ether oxygens (including phenoxy) is 1. The Balaban J connectivity index is 2.38. The van der Waals surface area contributed by atoms with Gasteiger partial charge < -0.3 is 9.64 Å². The van der Waals surface area contributed by atoms with Crippen molar-refractivity contribution in [3.05, 3.63) is 47.4 Å². The van der Waals surface area contributed by atoms with Crippen LogP contribution in [0.1, 0.15) is 21.6 Å². The van der Waals surface area contributed by atoms with E-state index in [2.05, 4.69) is 27.7 Å². The molecular formula is C15H17N3O2. The van der Waals surface area contributed by atoms with Crippen molar-refractivity contribution in [2.24, 2.45) is 0 Å². The Labute approximate surface area is 118 Å². The smallest absolute Gasteiger partial charge is 0.358 e. The Kier molecular flexibility index (Phi) is 3.98. The molecule has 0 aliphatic heterocycles. The van der Waals surface area contributed by atoms with E-state index in [-0.39, 0.29) is 5.69 Å². The number of benzene rings is 1. The average molecular weight is 271 g/mol. The highest BCUT2D eigenvalue weighted by Crippen LogP contribution is 2.25. The monoisotopic (exact) mass is 271 g/mol. The molecule has 0 aliphatic rings. The van der Waals surface area contributed by atoms with Gasteiger partial charge in [-0.1, -0.05) is 17.7 Å². The van der Waals surface area contributed by atoms with Gasteiger partial charge in [-0.2, -0.15) is 0 Å². The zero-order chi connectivity index (χ0) is 14.7. The summed E-state index contributed by atoms with van der Waals surface area (Å²) in [6, 6.07) is 6.16. The van der Waals surface area contributed by atoms with Gasteiger partial charge in [0.2, 0.25) is 0 Å². The maximum absolute atomic E-state index is 11.5. The lowest BCUT2D eigenvalue weighted by molar-refractivity contribution is 0.0593. The van der Waals surface area contributed by atoms with E-state index in [1.807, 2.05) is 31.0 Å². The summed E-state index contributed by atoms with van der Waals surface area (Å²) in [7, 11) is 3.22. The van der Waals surface area contributed by atoms with E-state index < -0.39 is 5.97 Å². The van der Waals surface area contributed by atoms with Gasteiger partial charge in [-0.3, -0.25) is 4.98 Å². The lowest BCUT2D eigenvalue weighted by Crippen LogP contribution is -2.15. The third-order valence-electron chi connectivity index (χ3n) is 3.07. The van der Waals surface area contributed by atoms with Crippen LogP contribution >= 0.6 is 0 Å². The van der Waals surface area contributed by atoms with Crippen LogP contribution in [0, 0.1) is 13.8 Å². The van der Waals surface area contributed by atoms with Crippen LogP contribution in [0.15, 0.2) is 30.6 Å². The molecule has 5 nitrogen and oxygen atoms in total. The molecule has 0 spiro atoms. The highest BCUT2D eigenvalue weighted by Gasteiger charge is 2.13. The molecule has 2 rings (SSSR count). The number of carbonyl (C=O) groups excluding carboxylic acids is 1. The van der Waals surface area contributed by atoms with E-state index in [4.69, 9.17) is 0 Å². The summed E-state index contributed by atoms with van der Waals surface area (Å²) in [5, 5.41) is 0. The van der Waals surface area contributed by atoms with Gasteiger partial charge in [0, 0.05) is 12.7 Å². The summed E-state index contributed by atoms with van der Waals surface area (Å²) in [4.78, 5) is 21.7. The molecule has 0 bridgehead atoms. The van der Waals surface area contributed by atoms with Crippen molar-refractivity contribution >= 4 is 17.5 Å². The molecule has 20 heavy (non-hydrogen) atoms. The molecule has 1 heterocycles. The molecule has 1 aromatic carbocycles. The van der Waals surface area contributed by atoms with Gasteiger partial charge >= 0.3 is 5.97 Å². The predicted molar refractivity (Wildman–Crippen MR) is 77.4 cm³/mol. The maximum atomic E-state index is 11.5. The molecule has 1 aromatic heterocycles. The van der Waals surface area contributed by atoms with Crippen LogP contribution in [0.25, 0.3) is 0 Å². The Morgan fingerprint density at radius 1 is 1.25 bits per heavy atom. The fourth-order valence-corrected chi connectivity index (χ4v) is 2.03. The van der Waals surface area contributed by atoms with Gasteiger partial charge in [-0.05, 0) is 25.5 Å². The Morgan fingerprint density at radius 3 is 2.65 bits per heavy atom. The topological polar surface area (TPSA) is 55.3 Å². The SMILES string of the molecule is COC(=O)c1cncc(N(C)c2ccc(C)cc2C)n1. The van der Waals surface area contributed by atoms with Crippen molar-refractivity contribution in [1.29, 1.82) is 0 Å². The zero-order valence-electron chi connectivity index (χ0n) is 12.0. The molecule has 0 saturated carbocycles. The summed E-state index contributed by atoms with van der Waals surface area (Å²) in [6.45, 7) is 4.09. The van der Waals surface area contributed by atoms with Crippen molar-refractivity contribution in [3.8, 4) is 0 Å². The Hall–Kier alpha value is -2.43. The second kappa shape index (κ2) is 5.69. The number of nitrogens with zero attached hydrogens (tertiary/aromatic N) is 3. The van der Waals surface area contributed by atoms with Gasteiger partial charge in [-0.25, -0.2) is 9.78 Å². The summed E-state index contributed by atoms with van der Waals surface area (Å²) in [5.74, 6) is 0.105. The van der Waals surface area contributed by atoms with E-state index in [1.165, 1.54) is 18.9 Å². The molecule has 0 fully saturated rings. The molecule has 0 aliphatic carbocycles. The second-order valence-electron chi connectivity index (χ2n) is 4.60. The van der Waals surface area contributed by atoms with Crippen LogP contribution in [-0.2, 0) is 4.74 Å². The molecule has 0 atom stereocenters. The van der Waals surface area contributed by atoms with Crippen LogP contribution in [0.2, 0.25) is 0 Å². The van der Waals surface area contributed by atoms with Crippen molar-refractivity contribution in [2.45, 2.75) is 13.8 Å². The summed E-state index contributed by atoms with van der Waals surface area (Å²) >= 11 is 0. The largest absolute Gasteiger partial charge is 0.464 e. The number of anilines is 2. The third kappa shape index (κ3) is 2.77. The highest BCUT2D eigenvalue weighted by molar-refractivity contribution is 5.87. The minimum absolute atomic E-state index is 0.196. The first-order valence-electron chi connectivity index (χ1n) is 6.24. The van der Waals surface area contributed by atoms with Crippen LogP contribution in [0.4, 0.5) is 11.5 Å². The lowest BCUT2D eigenvalue weighted by atomic mass is 10.1. The summed E-state index contributed by atoms with van der Waals surface area (Å²) in [6.07, 6.45) is 3.01. The van der Waals surface area contributed by atoms with Gasteiger partial charge in [0.25, 0.3) is 0 Å². The maximum Gasteiger partial charge on any atom is 0.358 e. The molecule has 2 aromatic rings. The normalized spacial score (nSPS) is 10.2. The number of hydrogen-bond donors (Lipinski definition) is 0. The second-order valence-corrected chi connectivity index (χ2v) is 4.60. The van der Waals surface area contributed by atoms with Crippen molar-refractivity contribution in [3.63, 3.8) is 0 Å². The average Bonchev–Trinajstić information content (AvgIpc) is 2.46. The molecule has 104 valence electrons. The Bertz CT molecular complexity index is 641. The first kappa shape index (κ1) is 14.0. The minimum Gasteiger partial charge on any atom is -0.464 e. The quantitative estimate of drug-likeness (QED) is 0.803. The van der Waals surface area contributed by atoms with E-state index in [0.29, 0.717) is 5.82 Å². The first-order chi connectivity index (χ1) is 9.52. The van der Waals surface area contributed by atoms with E-state index in [0.717, 1.165) is 11.3 Å². The standard InChI is InChI=1S/C15H17N3O2/c1-10-5-6-13(11(2)7-10)18(3)14-9-16-8-12(17-14)15(19)20-4/h5-9H,1-4H3. The van der Waals surface area contributed by atoms with Crippen LogP contribution in [0.5, 0.6) is 0 Å². The fourth-order valence-electron chi connectivity index (χ4n) is 2.03. The Morgan fingerprint density at radius 2 is 2.00 bits per heavy atom. The molecule has 0 amide bonds. The molecular weight excluding hydrogens is 254 g/mol. The van der Waals surface area contributed by atoms with Crippen molar-refractivity contribution in [1.82, 2.24) is 9.97 Å². The van der Waals surface area contributed by atoms with Crippen molar-refractivity contribution in [2.75, 3.05) is 19.1 Å². The number of esters is 1. The summed E-state index contributed by atoms with van der Waals surface area (Å²) in [5.41, 5.74) is 3.56. The minimum atomic E-state index is -0.492. The van der Waals surface area contributed by atoms with E-state index in [9.17, 15) is 4.79 Å². The first-order valence-corrected chi connectivity index (χ1v) is 6.24. The number of hydrogen-bond acceptors (Lipinski definition) is 5. The number of rotatable bonds is 3. The van der Waals surface area contributed by atoms with E-state index in [1.54, 1.807) is 6.20 Å². The molecule has 0 radical (unpaired) electrons. The fraction of sp³-hybridized carbons (Fsp3) is 0.267. The van der Waals surface area contributed by atoms with Crippen LogP contribution < -0.4 is 4.90 Å². The third-order valence-corrected chi connectivity index (χ3v) is 3.07. The molecule has 0 saturated heterocycles. The van der Waals surface area contributed by atoms with Gasteiger partial charge in [0.05, 0.1) is 19.5 Å². The van der Waals surface area contributed by atoms with Gasteiger partial charge in [-0.15, -0.1) is 0 Å². The van der Waals surface area contributed by atoms with Gasteiger partial charge in [0.15, 0.2) is 11.5 Å². The van der Waals surface area contributed by atoms with Crippen molar-refractivity contribution < 1.29 is 9.53 Å². The van der Waals surface area contributed by atoms with Gasteiger partial charge in [0.1, 0.15) is 0 Å². The van der Waals surface area contributed by atoms with Crippen LogP contribution in [-0.4, -0.2) is 30.1 Å².